The largest absolute Gasteiger partial charge is 0.368 e. The van der Waals surface area contributed by atoms with Crippen molar-refractivity contribution >= 4 is 11.4 Å². The van der Waals surface area contributed by atoms with Gasteiger partial charge in [-0.1, -0.05) is 37.3 Å². The number of hydrogen-bond donors (Lipinski definition) is 2. The van der Waals surface area contributed by atoms with E-state index in [0.717, 1.165) is 24.5 Å². The first-order valence-corrected chi connectivity index (χ1v) is 6.00. The highest BCUT2D eigenvalue weighted by atomic mass is 15.1. The van der Waals surface area contributed by atoms with E-state index in [9.17, 15) is 0 Å². The topological polar surface area (TPSA) is 24.1 Å². The van der Waals surface area contributed by atoms with Gasteiger partial charge in [-0.25, -0.2) is 0 Å². The molecule has 0 bridgehead atoms. The van der Waals surface area contributed by atoms with Crippen LogP contribution in [0.2, 0.25) is 0 Å². The summed E-state index contributed by atoms with van der Waals surface area (Å²) < 4.78 is 0. The van der Waals surface area contributed by atoms with Crippen LogP contribution in [0.25, 0.3) is 0 Å². The molecule has 0 amide bonds. The van der Waals surface area contributed by atoms with Crippen molar-refractivity contribution in [3.63, 3.8) is 0 Å². The minimum Gasteiger partial charge on any atom is -0.368 e. The highest BCUT2D eigenvalue weighted by Crippen LogP contribution is 2.10. The van der Waals surface area contributed by atoms with Crippen LogP contribution in [-0.4, -0.2) is 6.67 Å². The Balaban J connectivity index is 1.82. The van der Waals surface area contributed by atoms with Gasteiger partial charge in [-0.05, 0) is 36.2 Å². The van der Waals surface area contributed by atoms with Crippen molar-refractivity contribution in [2.75, 3.05) is 17.3 Å². The van der Waals surface area contributed by atoms with Crippen molar-refractivity contribution in [3.8, 4) is 0 Å². The number of anilines is 2. The Labute approximate surface area is 103 Å². The average molecular weight is 226 g/mol. The van der Waals surface area contributed by atoms with Crippen LogP contribution in [0.1, 0.15) is 12.5 Å². The molecule has 0 fully saturated rings. The summed E-state index contributed by atoms with van der Waals surface area (Å²) >= 11 is 0. The number of rotatable bonds is 5. The van der Waals surface area contributed by atoms with E-state index in [4.69, 9.17) is 0 Å². The molecule has 0 unspecified atom stereocenters. The Morgan fingerprint density at radius 2 is 1.35 bits per heavy atom. The second-order valence-electron chi connectivity index (χ2n) is 3.95. The zero-order valence-electron chi connectivity index (χ0n) is 10.1. The second-order valence-corrected chi connectivity index (χ2v) is 3.95. The predicted octanol–water partition coefficient (Wildman–Crippen LogP) is 3.73. The van der Waals surface area contributed by atoms with Gasteiger partial charge < -0.3 is 10.6 Å². The van der Waals surface area contributed by atoms with Crippen molar-refractivity contribution < 1.29 is 0 Å². The Morgan fingerprint density at radius 1 is 0.765 bits per heavy atom. The van der Waals surface area contributed by atoms with Gasteiger partial charge in [0.1, 0.15) is 0 Å². The lowest BCUT2D eigenvalue weighted by Gasteiger charge is -2.09. The van der Waals surface area contributed by atoms with Gasteiger partial charge in [0.25, 0.3) is 0 Å². The van der Waals surface area contributed by atoms with Crippen molar-refractivity contribution in [1.82, 2.24) is 0 Å². The van der Waals surface area contributed by atoms with Crippen molar-refractivity contribution in [2.45, 2.75) is 13.3 Å². The minimum absolute atomic E-state index is 0.732. The van der Waals surface area contributed by atoms with Gasteiger partial charge >= 0.3 is 0 Å². The first-order chi connectivity index (χ1) is 8.38. The Kier molecular flexibility index (Phi) is 4.03. The van der Waals surface area contributed by atoms with E-state index < -0.39 is 0 Å². The molecule has 0 aliphatic carbocycles. The zero-order valence-corrected chi connectivity index (χ0v) is 10.1. The first kappa shape index (κ1) is 11.5. The molecule has 17 heavy (non-hydrogen) atoms. The molecule has 0 saturated carbocycles. The zero-order chi connectivity index (χ0) is 11.9. The third-order valence-corrected chi connectivity index (χ3v) is 2.72. The smallest absolute Gasteiger partial charge is 0.0849 e. The summed E-state index contributed by atoms with van der Waals surface area (Å²) in [5.41, 5.74) is 3.64. The van der Waals surface area contributed by atoms with E-state index in [0.29, 0.717) is 0 Å². The third kappa shape index (κ3) is 3.52. The number of para-hydroxylation sites is 1. The van der Waals surface area contributed by atoms with Gasteiger partial charge in [0, 0.05) is 11.4 Å². The quantitative estimate of drug-likeness (QED) is 0.759. The van der Waals surface area contributed by atoms with Crippen molar-refractivity contribution in [2.24, 2.45) is 0 Å². The molecule has 2 aromatic rings. The maximum Gasteiger partial charge on any atom is 0.0849 e. The van der Waals surface area contributed by atoms with Crippen LogP contribution in [0.5, 0.6) is 0 Å². The summed E-state index contributed by atoms with van der Waals surface area (Å²) in [6.45, 7) is 2.90. The summed E-state index contributed by atoms with van der Waals surface area (Å²) in [6.07, 6.45) is 1.09. The van der Waals surface area contributed by atoms with Gasteiger partial charge in [-0.15, -0.1) is 0 Å². The average Bonchev–Trinajstić information content (AvgIpc) is 2.41. The molecule has 0 spiro atoms. The number of hydrogen-bond acceptors (Lipinski definition) is 2. The van der Waals surface area contributed by atoms with E-state index in [-0.39, 0.29) is 0 Å². The van der Waals surface area contributed by atoms with Gasteiger partial charge in [-0.3, -0.25) is 0 Å². The fourth-order valence-corrected chi connectivity index (χ4v) is 1.66. The second kappa shape index (κ2) is 5.94. The van der Waals surface area contributed by atoms with Crippen molar-refractivity contribution in [3.05, 3.63) is 60.2 Å². The van der Waals surface area contributed by atoms with E-state index in [1.807, 2.05) is 18.2 Å². The number of benzene rings is 2. The van der Waals surface area contributed by atoms with Crippen LogP contribution in [-0.2, 0) is 6.42 Å². The number of nitrogens with one attached hydrogen (secondary N) is 2. The molecule has 0 atom stereocenters. The molecule has 2 rings (SSSR count). The normalized spacial score (nSPS) is 9.94. The molecule has 0 heterocycles. The molecular formula is C15H18N2. The van der Waals surface area contributed by atoms with Gasteiger partial charge in [-0.2, -0.15) is 0 Å². The van der Waals surface area contributed by atoms with Gasteiger partial charge in [0.05, 0.1) is 6.67 Å². The Morgan fingerprint density at radius 3 is 1.94 bits per heavy atom. The molecule has 2 heteroatoms. The minimum atomic E-state index is 0.732. The summed E-state index contributed by atoms with van der Waals surface area (Å²) in [5, 5.41) is 6.64. The number of aryl methyl sites for hydroxylation is 1. The fraction of sp³-hybridized carbons (Fsp3) is 0.200. The SMILES string of the molecule is CCc1ccc(NCNc2ccccc2)cc1. The van der Waals surface area contributed by atoms with Crippen LogP contribution in [0.4, 0.5) is 11.4 Å². The molecule has 2 aromatic carbocycles. The van der Waals surface area contributed by atoms with Crippen LogP contribution in [0.15, 0.2) is 54.6 Å². The summed E-state index contributed by atoms with van der Waals surface area (Å²) in [6, 6.07) is 18.7. The summed E-state index contributed by atoms with van der Waals surface area (Å²) in [7, 11) is 0. The maximum absolute atomic E-state index is 3.33. The summed E-state index contributed by atoms with van der Waals surface area (Å²) in [5.74, 6) is 0. The lowest BCUT2D eigenvalue weighted by Crippen LogP contribution is -2.11. The van der Waals surface area contributed by atoms with E-state index in [2.05, 4.69) is 54.0 Å². The lowest BCUT2D eigenvalue weighted by atomic mass is 10.1. The van der Waals surface area contributed by atoms with E-state index >= 15 is 0 Å². The monoisotopic (exact) mass is 226 g/mol. The van der Waals surface area contributed by atoms with Crippen LogP contribution < -0.4 is 10.6 Å². The van der Waals surface area contributed by atoms with E-state index in [1.165, 1.54) is 5.56 Å². The standard InChI is InChI=1S/C15H18N2/c1-2-13-8-10-15(11-9-13)17-12-16-14-6-4-3-5-7-14/h3-11,16-17H,2,12H2,1H3. The molecule has 88 valence electrons. The molecule has 2 nitrogen and oxygen atoms in total. The predicted molar refractivity (Wildman–Crippen MR) is 74.4 cm³/mol. The highest BCUT2D eigenvalue weighted by Gasteiger charge is 1.92. The maximum atomic E-state index is 3.33. The van der Waals surface area contributed by atoms with Crippen LogP contribution in [0.3, 0.4) is 0 Å². The first-order valence-electron chi connectivity index (χ1n) is 6.00. The van der Waals surface area contributed by atoms with Crippen LogP contribution in [0, 0.1) is 0 Å². The molecule has 0 radical (unpaired) electrons. The fourth-order valence-electron chi connectivity index (χ4n) is 1.66. The van der Waals surface area contributed by atoms with Gasteiger partial charge in [0.15, 0.2) is 0 Å². The van der Waals surface area contributed by atoms with E-state index in [1.54, 1.807) is 0 Å². The molecule has 0 aliphatic heterocycles. The van der Waals surface area contributed by atoms with Crippen LogP contribution >= 0.6 is 0 Å². The molecule has 0 saturated heterocycles. The highest BCUT2D eigenvalue weighted by molar-refractivity contribution is 5.48. The summed E-state index contributed by atoms with van der Waals surface area (Å²) in [4.78, 5) is 0. The molecule has 2 N–H and O–H groups in total. The lowest BCUT2D eigenvalue weighted by molar-refractivity contribution is 1.14. The Hall–Kier alpha value is -1.96. The van der Waals surface area contributed by atoms with Gasteiger partial charge in [0.2, 0.25) is 0 Å². The Bertz CT molecular complexity index is 434. The molecular weight excluding hydrogens is 208 g/mol. The third-order valence-electron chi connectivity index (χ3n) is 2.72. The van der Waals surface area contributed by atoms with Crippen molar-refractivity contribution in [1.29, 1.82) is 0 Å². The molecule has 0 aromatic heterocycles. The molecule has 0 aliphatic rings.